The Morgan fingerprint density at radius 2 is 2.00 bits per heavy atom. The number of nitrogens with zero attached hydrogens (tertiary/aromatic N) is 3. The molecule has 6 nitrogen and oxygen atoms in total. The third-order valence-electron chi connectivity index (χ3n) is 4.33. The predicted molar refractivity (Wildman–Crippen MR) is 98.8 cm³/mol. The van der Waals surface area contributed by atoms with Gasteiger partial charge in [-0.05, 0) is 48.2 Å². The van der Waals surface area contributed by atoms with Crippen LogP contribution in [-0.2, 0) is 0 Å². The number of nitrogens with one attached hydrogen (secondary N) is 1. The fourth-order valence-corrected chi connectivity index (χ4v) is 3.60. The molecule has 0 atom stereocenters. The van der Waals surface area contributed by atoms with Gasteiger partial charge in [0.05, 0.1) is 11.6 Å². The van der Waals surface area contributed by atoms with E-state index in [1.54, 1.807) is 18.6 Å². The van der Waals surface area contributed by atoms with Crippen molar-refractivity contribution in [1.82, 2.24) is 20.4 Å². The molecule has 1 fully saturated rings. The van der Waals surface area contributed by atoms with Gasteiger partial charge in [-0.3, -0.25) is 9.78 Å². The van der Waals surface area contributed by atoms with Gasteiger partial charge in [-0.25, -0.2) is 4.98 Å². The van der Waals surface area contributed by atoms with E-state index >= 15 is 0 Å². The first-order valence-electron chi connectivity index (χ1n) is 8.35. The first-order valence-corrected chi connectivity index (χ1v) is 9.16. The maximum absolute atomic E-state index is 12.2. The van der Waals surface area contributed by atoms with Crippen molar-refractivity contribution in [3.63, 3.8) is 0 Å². The van der Waals surface area contributed by atoms with E-state index < -0.39 is 0 Å². The van der Waals surface area contributed by atoms with Gasteiger partial charge in [0.1, 0.15) is 15.6 Å². The van der Waals surface area contributed by atoms with Crippen molar-refractivity contribution in [3.05, 3.63) is 53.8 Å². The van der Waals surface area contributed by atoms with Gasteiger partial charge in [0.25, 0.3) is 5.91 Å². The van der Waals surface area contributed by atoms with Crippen molar-refractivity contribution >= 4 is 28.2 Å². The van der Waals surface area contributed by atoms with Crippen LogP contribution >= 0.6 is 11.3 Å². The molecular formula is C19H14N4O2S. The molecule has 7 heteroatoms. The van der Waals surface area contributed by atoms with E-state index in [0.29, 0.717) is 27.2 Å². The largest absolute Gasteiger partial charge is 0.356 e. The number of hydrogen-bond donors (Lipinski definition) is 1. The lowest BCUT2D eigenvalue weighted by atomic mass is 10.1. The number of aromatic nitrogens is 3. The second-order valence-electron chi connectivity index (χ2n) is 6.26. The third kappa shape index (κ3) is 2.76. The van der Waals surface area contributed by atoms with Gasteiger partial charge in [0.2, 0.25) is 0 Å². The highest BCUT2D eigenvalue weighted by Gasteiger charge is 2.25. The first kappa shape index (κ1) is 15.2. The van der Waals surface area contributed by atoms with Gasteiger partial charge in [-0.1, -0.05) is 11.2 Å². The number of carbonyl (C=O) groups is 1. The second-order valence-corrected chi connectivity index (χ2v) is 7.29. The number of fused-ring (bicyclic) bond motifs is 1. The summed E-state index contributed by atoms with van der Waals surface area (Å²) in [5, 5.41) is 8.71. The molecule has 1 aliphatic rings. The van der Waals surface area contributed by atoms with Crippen LogP contribution < -0.4 is 5.32 Å². The van der Waals surface area contributed by atoms with E-state index in [2.05, 4.69) is 20.4 Å². The lowest BCUT2D eigenvalue weighted by Crippen LogP contribution is -2.24. The van der Waals surface area contributed by atoms with Gasteiger partial charge in [0, 0.05) is 18.4 Å². The van der Waals surface area contributed by atoms with Crippen LogP contribution in [0.3, 0.4) is 0 Å². The van der Waals surface area contributed by atoms with Gasteiger partial charge in [-0.2, -0.15) is 0 Å². The van der Waals surface area contributed by atoms with Crippen LogP contribution in [-0.4, -0.2) is 27.1 Å². The number of thiazole rings is 1. The number of benzene rings is 1. The summed E-state index contributed by atoms with van der Waals surface area (Å²) in [6, 6.07) is 10.2. The lowest BCUT2D eigenvalue weighted by molar-refractivity contribution is 0.0955. The van der Waals surface area contributed by atoms with Gasteiger partial charge in [-0.15, -0.1) is 11.3 Å². The third-order valence-corrected chi connectivity index (χ3v) is 5.33. The van der Waals surface area contributed by atoms with Crippen molar-refractivity contribution in [1.29, 1.82) is 0 Å². The van der Waals surface area contributed by atoms with Gasteiger partial charge in [0.15, 0.2) is 5.58 Å². The van der Waals surface area contributed by atoms with E-state index in [1.807, 2.05) is 30.3 Å². The summed E-state index contributed by atoms with van der Waals surface area (Å²) in [4.78, 5) is 21.2. The zero-order valence-corrected chi connectivity index (χ0v) is 14.5. The summed E-state index contributed by atoms with van der Waals surface area (Å²) in [7, 11) is 0. The molecule has 0 radical (unpaired) electrons. The summed E-state index contributed by atoms with van der Waals surface area (Å²) in [6.07, 6.45) is 7.24. The van der Waals surface area contributed by atoms with E-state index in [0.717, 1.165) is 29.4 Å². The first-order chi connectivity index (χ1) is 12.8. The molecule has 1 aromatic carbocycles. The Morgan fingerprint density at radius 3 is 2.81 bits per heavy atom. The topological polar surface area (TPSA) is 80.9 Å². The number of pyridine rings is 1. The quantitative estimate of drug-likeness (QED) is 0.595. The summed E-state index contributed by atoms with van der Waals surface area (Å²) >= 11 is 1.33. The average molecular weight is 362 g/mol. The van der Waals surface area contributed by atoms with Gasteiger partial charge >= 0.3 is 0 Å². The highest BCUT2D eigenvalue weighted by Crippen LogP contribution is 2.33. The van der Waals surface area contributed by atoms with E-state index in [4.69, 9.17) is 4.52 Å². The van der Waals surface area contributed by atoms with E-state index in [9.17, 15) is 4.79 Å². The smallest absolute Gasteiger partial charge is 0.263 e. The molecule has 0 bridgehead atoms. The Hall–Kier alpha value is -3.06. The molecule has 3 heterocycles. The van der Waals surface area contributed by atoms with Crippen LogP contribution in [0.5, 0.6) is 0 Å². The minimum atomic E-state index is -0.0657. The zero-order chi connectivity index (χ0) is 17.5. The normalized spacial score (nSPS) is 13.8. The van der Waals surface area contributed by atoms with Crippen molar-refractivity contribution < 1.29 is 9.32 Å². The Kier molecular flexibility index (Phi) is 3.53. The standard InChI is InChI=1S/C19H14N4O2S/c24-18(22-13-2-3-13)16-10-21-19(26-16)17-14-4-1-12(9-15(14)25-23-17)11-5-7-20-8-6-11/h1,4-10,13H,2-3H2,(H,22,24). The van der Waals surface area contributed by atoms with Crippen LogP contribution in [0.1, 0.15) is 22.5 Å². The lowest BCUT2D eigenvalue weighted by Gasteiger charge is -2.00. The van der Waals surface area contributed by atoms with Crippen molar-refractivity contribution in [2.24, 2.45) is 0 Å². The molecule has 1 amide bonds. The Morgan fingerprint density at radius 1 is 1.15 bits per heavy atom. The Balaban J connectivity index is 1.48. The molecule has 5 rings (SSSR count). The van der Waals surface area contributed by atoms with E-state index in [-0.39, 0.29) is 5.91 Å². The Labute approximate surface area is 152 Å². The maximum Gasteiger partial charge on any atom is 0.263 e. The summed E-state index contributed by atoms with van der Waals surface area (Å²) in [5.74, 6) is -0.0657. The van der Waals surface area contributed by atoms with Crippen LogP contribution in [0.15, 0.2) is 53.4 Å². The number of amides is 1. The second kappa shape index (κ2) is 6.03. The highest BCUT2D eigenvalue weighted by molar-refractivity contribution is 7.17. The minimum absolute atomic E-state index is 0.0657. The number of carbonyl (C=O) groups excluding carboxylic acids is 1. The Bertz CT molecular complexity index is 1100. The molecule has 128 valence electrons. The molecule has 1 saturated carbocycles. The van der Waals surface area contributed by atoms with E-state index in [1.165, 1.54) is 11.3 Å². The molecule has 0 unspecified atom stereocenters. The monoisotopic (exact) mass is 362 g/mol. The minimum Gasteiger partial charge on any atom is -0.356 e. The molecular weight excluding hydrogens is 348 g/mol. The SMILES string of the molecule is O=C(NC1CC1)c1cnc(-c2noc3cc(-c4ccncc4)ccc23)s1. The molecule has 0 spiro atoms. The van der Waals surface area contributed by atoms with Crippen LogP contribution in [0, 0.1) is 0 Å². The molecule has 4 aromatic rings. The number of hydrogen-bond acceptors (Lipinski definition) is 6. The van der Waals surface area contributed by atoms with Crippen molar-refractivity contribution in [2.45, 2.75) is 18.9 Å². The fourth-order valence-electron chi connectivity index (χ4n) is 2.79. The molecule has 0 saturated heterocycles. The van der Waals surface area contributed by atoms with Gasteiger partial charge < -0.3 is 9.84 Å². The molecule has 1 N–H and O–H groups in total. The highest BCUT2D eigenvalue weighted by atomic mass is 32.1. The van der Waals surface area contributed by atoms with Crippen LogP contribution in [0.4, 0.5) is 0 Å². The fraction of sp³-hybridized carbons (Fsp3) is 0.158. The summed E-state index contributed by atoms with van der Waals surface area (Å²) in [5.41, 5.74) is 3.45. The maximum atomic E-state index is 12.2. The van der Waals surface area contributed by atoms with Crippen LogP contribution in [0.2, 0.25) is 0 Å². The average Bonchev–Trinajstić information content (AvgIpc) is 3.20. The zero-order valence-electron chi connectivity index (χ0n) is 13.7. The van der Waals surface area contributed by atoms with Crippen molar-refractivity contribution in [2.75, 3.05) is 0 Å². The molecule has 1 aliphatic carbocycles. The molecule has 26 heavy (non-hydrogen) atoms. The summed E-state index contributed by atoms with van der Waals surface area (Å²) < 4.78 is 5.51. The number of rotatable bonds is 4. The predicted octanol–water partition coefficient (Wildman–Crippen LogP) is 3.91. The van der Waals surface area contributed by atoms with Crippen molar-refractivity contribution in [3.8, 4) is 21.8 Å². The molecule has 0 aliphatic heterocycles. The van der Waals surface area contributed by atoms with Crippen LogP contribution in [0.25, 0.3) is 32.8 Å². The molecule has 3 aromatic heterocycles. The summed E-state index contributed by atoms with van der Waals surface area (Å²) in [6.45, 7) is 0.